The molecule has 0 radical (unpaired) electrons. The standard InChI is InChI=1S/C18H14F2N2O/c1-12-4-5-13(10-17(12)22-8-2-3-9-22)18(23)21-14-6-7-15(19)16(20)11-14/h2-11H,1H3,(H,21,23). The van der Waals surface area contributed by atoms with E-state index in [1.807, 2.05) is 42.1 Å². The number of benzene rings is 2. The van der Waals surface area contributed by atoms with E-state index in [-0.39, 0.29) is 11.6 Å². The maximum atomic E-state index is 13.2. The van der Waals surface area contributed by atoms with Gasteiger partial charge in [0.05, 0.1) is 0 Å². The molecule has 23 heavy (non-hydrogen) atoms. The number of halogens is 2. The van der Waals surface area contributed by atoms with E-state index in [0.717, 1.165) is 23.4 Å². The summed E-state index contributed by atoms with van der Waals surface area (Å²) in [5, 5.41) is 2.56. The summed E-state index contributed by atoms with van der Waals surface area (Å²) >= 11 is 0. The third-order valence-electron chi connectivity index (χ3n) is 3.53. The van der Waals surface area contributed by atoms with Crippen molar-refractivity contribution in [1.82, 2.24) is 4.57 Å². The van der Waals surface area contributed by atoms with Crippen LogP contribution < -0.4 is 5.32 Å². The molecular formula is C18H14F2N2O. The molecule has 3 rings (SSSR count). The summed E-state index contributed by atoms with van der Waals surface area (Å²) in [6.07, 6.45) is 3.78. The van der Waals surface area contributed by atoms with Crippen molar-refractivity contribution in [1.29, 1.82) is 0 Å². The Balaban J connectivity index is 1.88. The van der Waals surface area contributed by atoms with Crippen molar-refractivity contribution in [2.45, 2.75) is 6.92 Å². The highest BCUT2D eigenvalue weighted by atomic mass is 19.2. The highest BCUT2D eigenvalue weighted by Crippen LogP contribution is 2.18. The maximum Gasteiger partial charge on any atom is 0.255 e. The Morgan fingerprint density at radius 2 is 1.74 bits per heavy atom. The number of carbonyl (C=O) groups is 1. The second kappa shape index (κ2) is 6.04. The number of amides is 1. The zero-order valence-electron chi connectivity index (χ0n) is 12.4. The first-order valence-electron chi connectivity index (χ1n) is 7.05. The molecule has 0 aliphatic heterocycles. The summed E-state index contributed by atoms with van der Waals surface area (Å²) in [5.41, 5.74) is 2.54. The van der Waals surface area contributed by atoms with E-state index >= 15 is 0 Å². The van der Waals surface area contributed by atoms with E-state index in [2.05, 4.69) is 5.32 Å². The Morgan fingerprint density at radius 3 is 2.43 bits per heavy atom. The molecule has 3 aromatic rings. The number of hydrogen-bond acceptors (Lipinski definition) is 1. The molecule has 0 aliphatic rings. The second-order valence-electron chi connectivity index (χ2n) is 5.17. The molecule has 3 nitrogen and oxygen atoms in total. The number of rotatable bonds is 3. The van der Waals surface area contributed by atoms with Crippen LogP contribution in [0.15, 0.2) is 60.9 Å². The van der Waals surface area contributed by atoms with E-state index in [9.17, 15) is 13.6 Å². The molecule has 0 bridgehead atoms. The maximum absolute atomic E-state index is 13.2. The molecule has 0 fully saturated rings. The van der Waals surface area contributed by atoms with Gasteiger partial charge in [-0.3, -0.25) is 4.79 Å². The lowest BCUT2D eigenvalue weighted by atomic mass is 10.1. The highest BCUT2D eigenvalue weighted by Gasteiger charge is 2.11. The minimum atomic E-state index is -1.00. The minimum absolute atomic E-state index is 0.206. The van der Waals surface area contributed by atoms with Gasteiger partial charge in [-0.25, -0.2) is 8.78 Å². The number of carbonyl (C=O) groups excluding carboxylic acids is 1. The number of nitrogens with zero attached hydrogens (tertiary/aromatic N) is 1. The molecule has 1 heterocycles. The summed E-state index contributed by atoms with van der Waals surface area (Å²) in [4.78, 5) is 12.3. The molecular weight excluding hydrogens is 298 g/mol. The van der Waals surface area contributed by atoms with E-state index in [4.69, 9.17) is 0 Å². The SMILES string of the molecule is Cc1ccc(C(=O)Nc2ccc(F)c(F)c2)cc1-n1cccc1. The van der Waals surface area contributed by atoms with Crippen LogP contribution in [-0.4, -0.2) is 10.5 Å². The average molecular weight is 312 g/mol. The van der Waals surface area contributed by atoms with Gasteiger partial charge in [-0.15, -0.1) is 0 Å². The Kier molecular flexibility index (Phi) is 3.93. The smallest absolute Gasteiger partial charge is 0.255 e. The summed E-state index contributed by atoms with van der Waals surface area (Å²) in [7, 11) is 0. The van der Waals surface area contributed by atoms with Crippen LogP contribution in [0.3, 0.4) is 0 Å². The Bertz CT molecular complexity index is 857. The summed E-state index contributed by atoms with van der Waals surface area (Å²) in [6.45, 7) is 1.95. The van der Waals surface area contributed by atoms with Gasteiger partial charge in [0.25, 0.3) is 5.91 Å². The average Bonchev–Trinajstić information content (AvgIpc) is 3.05. The molecule has 5 heteroatoms. The molecule has 1 amide bonds. The van der Waals surface area contributed by atoms with Crippen molar-refractivity contribution in [2.24, 2.45) is 0 Å². The van der Waals surface area contributed by atoms with Crippen LogP contribution >= 0.6 is 0 Å². The lowest BCUT2D eigenvalue weighted by Crippen LogP contribution is -2.13. The normalized spacial score (nSPS) is 10.6. The topological polar surface area (TPSA) is 34.0 Å². The van der Waals surface area contributed by atoms with Gasteiger partial charge in [0.15, 0.2) is 11.6 Å². The molecule has 0 aliphatic carbocycles. The van der Waals surface area contributed by atoms with Gasteiger partial charge in [-0.05, 0) is 48.9 Å². The van der Waals surface area contributed by atoms with Gasteiger partial charge >= 0.3 is 0 Å². The minimum Gasteiger partial charge on any atom is -0.324 e. The number of aromatic nitrogens is 1. The van der Waals surface area contributed by atoms with Crippen molar-refractivity contribution in [2.75, 3.05) is 5.32 Å². The van der Waals surface area contributed by atoms with Gasteiger partial charge in [-0.2, -0.15) is 0 Å². The fourth-order valence-electron chi connectivity index (χ4n) is 2.30. The third-order valence-corrected chi connectivity index (χ3v) is 3.53. The molecule has 0 atom stereocenters. The van der Waals surface area contributed by atoms with Gasteiger partial charge in [0, 0.05) is 35.4 Å². The van der Waals surface area contributed by atoms with E-state index in [0.29, 0.717) is 5.56 Å². The third kappa shape index (κ3) is 3.13. The van der Waals surface area contributed by atoms with Crippen LogP contribution in [0, 0.1) is 18.6 Å². The van der Waals surface area contributed by atoms with Crippen LogP contribution in [0.25, 0.3) is 5.69 Å². The fraction of sp³-hybridized carbons (Fsp3) is 0.0556. The zero-order chi connectivity index (χ0) is 16.4. The van der Waals surface area contributed by atoms with Gasteiger partial charge in [0.2, 0.25) is 0 Å². The summed E-state index contributed by atoms with van der Waals surface area (Å²) in [5.74, 6) is -2.34. The van der Waals surface area contributed by atoms with Crippen LogP contribution in [0.4, 0.5) is 14.5 Å². The lowest BCUT2D eigenvalue weighted by molar-refractivity contribution is 0.102. The first kappa shape index (κ1) is 15.0. The molecule has 2 aromatic carbocycles. The van der Waals surface area contributed by atoms with Gasteiger partial charge in [0.1, 0.15) is 0 Å². The predicted octanol–water partition coefficient (Wildman–Crippen LogP) is 4.32. The van der Waals surface area contributed by atoms with Crippen LogP contribution in [-0.2, 0) is 0 Å². The quantitative estimate of drug-likeness (QED) is 0.768. The molecule has 1 N–H and O–H groups in total. The lowest BCUT2D eigenvalue weighted by Gasteiger charge is -2.11. The summed E-state index contributed by atoms with van der Waals surface area (Å²) < 4.78 is 28.0. The monoisotopic (exact) mass is 312 g/mol. The predicted molar refractivity (Wildman–Crippen MR) is 84.8 cm³/mol. The number of hydrogen-bond donors (Lipinski definition) is 1. The van der Waals surface area contributed by atoms with Gasteiger partial charge in [-0.1, -0.05) is 6.07 Å². The molecule has 116 valence electrons. The van der Waals surface area contributed by atoms with Crippen molar-refractivity contribution >= 4 is 11.6 Å². The van der Waals surface area contributed by atoms with Gasteiger partial charge < -0.3 is 9.88 Å². The van der Waals surface area contributed by atoms with E-state index < -0.39 is 11.6 Å². The molecule has 1 aromatic heterocycles. The summed E-state index contributed by atoms with van der Waals surface area (Å²) in [6, 6.07) is 12.3. The Labute approximate surface area is 132 Å². The molecule has 0 saturated carbocycles. The van der Waals surface area contributed by atoms with E-state index in [1.165, 1.54) is 6.07 Å². The Morgan fingerprint density at radius 1 is 1.00 bits per heavy atom. The fourth-order valence-corrected chi connectivity index (χ4v) is 2.30. The van der Waals surface area contributed by atoms with Crippen molar-refractivity contribution in [3.63, 3.8) is 0 Å². The highest BCUT2D eigenvalue weighted by molar-refractivity contribution is 6.04. The number of aryl methyl sites for hydroxylation is 1. The van der Waals surface area contributed by atoms with Crippen molar-refractivity contribution in [3.8, 4) is 5.69 Å². The van der Waals surface area contributed by atoms with Crippen molar-refractivity contribution in [3.05, 3.63) is 83.7 Å². The number of nitrogens with one attached hydrogen (secondary N) is 1. The number of anilines is 1. The van der Waals surface area contributed by atoms with Crippen molar-refractivity contribution < 1.29 is 13.6 Å². The first-order chi connectivity index (χ1) is 11.0. The second-order valence-corrected chi connectivity index (χ2v) is 5.17. The van der Waals surface area contributed by atoms with E-state index in [1.54, 1.807) is 12.1 Å². The molecule has 0 spiro atoms. The van der Waals surface area contributed by atoms with Crippen LogP contribution in [0.1, 0.15) is 15.9 Å². The Hall–Kier alpha value is -2.95. The first-order valence-corrected chi connectivity index (χ1v) is 7.05. The molecule has 0 saturated heterocycles. The largest absolute Gasteiger partial charge is 0.324 e. The van der Waals surface area contributed by atoms with Crippen LogP contribution in [0.5, 0.6) is 0 Å². The molecule has 0 unspecified atom stereocenters. The zero-order valence-corrected chi connectivity index (χ0v) is 12.4. The van der Waals surface area contributed by atoms with Crippen LogP contribution in [0.2, 0.25) is 0 Å².